The molecule has 4 heteroatoms. The minimum Gasteiger partial charge on any atom is -0.481 e. The maximum Gasteiger partial charge on any atom is 0.216 e. The fraction of sp³-hybridized carbons (Fsp3) is 0.538. The SMILES string of the molecule is CCCNC(C=C(C)C)c1cc(OC)ncn1. The lowest BCUT2D eigenvalue weighted by atomic mass is 10.1. The van der Waals surface area contributed by atoms with Crippen molar-refractivity contribution < 1.29 is 4.74 Å². The zero-order valence-electron chi connectivity index (χ0n) is 11.0. The van der Waals surface area contributed by atoms with Crippen LogP contribution < -0.4 is 10.1 Å². The van der Waals surface area contributed by atoms with E-state index in [1.165, 1.54) is 11.9 Å². The third-order valence-corrected chi connectivity index (χ3v) is 2.31. The van der Waals surface area contributed by atoms with Crippen LogP contribution in [0.15, 0.2) is 24.0 Å². The van der Waals surface area contributed by atoms with Gasteiger partial charge in [0.05, 0.1) is 18.8 Å². The predicted octanol–water partition coefficient (Wildman–Crippen LogP) is 2.49. The number of ether oxygens (including phenoxy) is 1. The molecule has 0 amide bonds. The Kier molecular flexibility index (Phi) is 5.63. The quantitative estimate of drug-likeness (QED) is 0.770. The Morgan fingerprint density at radius 1 is 1.47 bits per heavy atom. The first kappa shape index (κ1) is 13.6. The second-order valence-corrected chi connectivity index (χ2v) is 4.16. The van der Waals surface area contributed by atoms with E-state index in [4.69, 9.17) is 4.74 Å². The van der Waals surface area contributed by atoms with Crippen molar-refractivity contribution in [3.05, 3.63) is 29.7 Å². The normalized spacial score (nSPS) is 12.0. The number of nitrogens with zero attached hydrogens (tertiary/aromatic N) is 2. The van der Waals surface area contributed by atoms with Crippen molar-refractivity contribution in [3.63, 3.8) is 0 Å². The van der Waals surface area contributed by atoms with Gasteiger partial charge in [-0.15, -0.1) is 0 Å². The van der Waals surface area contributed by atoms with E-state index in [1.807, 2.05) is 6.07 Å². The number of aromatic nitrogens is 2. The second-order valence-electron chi connectivity index (χ2n) is 4.16. The van der Waals surface area contributed by atoms with Crippen LogP contribution >= 0.6 is 0 Å². The fourth-order valence-electron chi connectivity index (χ4n) is 1.52. The van der Waals surface area contributed by atoms with E-state index in [0.29, 0.717) is 5.88 Å². The summed E-state index contributed by atoms with van der Waals surface area (Å²) in [6.07, 6.45) is 4.79. The molecule has 1 N–H and O–H groups in total. The lowest BCUT2D eigenvalue weighted by molar-refractivity contribution is 0.395. The Morgan fingerprint density at radius 3 is 2.82 bits per heavy atom. The van der Waals surface area contributed by atoms with E-state index in [0.717, 1.165) is 18.7 Å². The molecule has 0 aromatic carbocycles. The van der Waals surface area contributed by atoms with Gasteiger partial charge in [-0.25, -0.2) is 9.97 Å². The summed E-state index contributed by atoms with van der Waals surface area (Å²) in [6, 6.07) is 1.99. The number of hydrogen-bond donors (Lipinski definition) is 1. The second kappa shape index (κ2) is 7.01. The standard InChI is InChI=1S/C13H21N3O/c1-5-6-14-11(7-10(2)3)12-8-13(17-4)16-9-15-12/h7-9,11,14H,5-6H2,1-4H3. The number of allylic oxidation sites excluding steroid dienone is 1. The van der Waals surface area contributed by atoms with Gasteiger partial charge >= 0.3 is 0 Å². The lowest BCUT2D eigenvalue weighted by Crippen LogP contribution is -2.21. The van der Waals surface area contributed by atoms with Gasteiger partial charge in [0, 0.05) is 6.07 Å². The highest BCUT2D eigenvalue weighted by Crippen LogP contribution is 2.17. The van der Waals surface area contributed by atoms with E-state index in [1.54, 1.807) is 7.11 Å². The molecule has 1 aromatic rings. The predicted molar refractivity (Wildman–Crippen MR) is 69.0 cm³/mol. The maximum atomic E-state index is 5.11. The molecule has 0 radical (unpaired) electrons. The van der Waals surface area contributed by atoms with Crippen LogP contribution in [0.5, 0.6) is 5.88 Å². The minimum atomic E-state index is 0.122. The van der Waals surface area contributed by atoms with Crippen LogP contribution in [0.25, 0.3) is 0 Å². The first-order valence-corrected chi connectivity index (χ1v) is 5.91. The van der Waals surface area contributed by atoms with E-state index in [9.17, 15) is 0 Å². The molecule has 0 aliphatic rings. The average molecular weight is 235 g/mol. The van der Waals surface area contributed by atoms with Crippen LogP contribution in [0, 0.1) is 0 Å². The molecule has 1 atom stereocenters. The number of rotatable bonds is 6. The molecule has 94 valence electrons. The van der Waals surface area contributed by atoms with Crippen LogP contribution in [0.3, 0.4) is 0 Å². The first-order valence-electron chi connectivity index (χ1n) is 5.91. The Bertz CT molecular complexity index is 373. The van der Waals surface area contributed by atoms with Crippen LogP contribution in [0.2, 0.25) is 0 Å². The van der Waals surface area contributed by atoms with Crippen molar-refractivity contribution in [2.75, 3.05) is 13.7 Å². The molecule has 1 rings (SSSR count). The Labute approximate surface area is 103 Å². The zero-order valence-corrected chi connectivity index (χ0v) is 11.0. The topological polar surface area (TPSA) is 47.0 Å². The molecule has 0 bridgehead atoms. The number of nitrogens with one attached hydrogen (secondary N) is 1. The summed E-state index contributed by atoms with van der Waals surface area (Å²) >= 11 is 0. The van der Waals surface area contributed by atoms with Crippen LogP contribution in [0.4, 0.5) is 0 Å². The summed E-state index contributed by atoms with van der Waals surface area (Å²) in [5.41, 5.74) is 2.20. The summed E-state index contributed by atoms with van der Waals surface area (Å²) in [4.78, 5) is 8.31. The Hall–Kier alpha value is -1.42. The van der Waals surface area contributed by atoms with E-state index in [-0.39, 0.29) is 6.04 Å². The Balaban J connectivity index is 2.90. The highest BCUT2D eigenvalue weighted by atomic mass is 16.5. The van der Waals surface area contributed by atoms with Gasteiger partial charge in [-0.05, 0) is 26.8 Å². The van der Waals surface area contributed by atoms with Gasteiger partial charge in [-0.2, -0.15) is 0 Å². The van der Waals surface area contributed by atoms with E-state index < -0.39 is 0 Å². The highest BCUT2D eigenvalue weighted by Gasteiger charge is 2.10. The summed E-state index contributed by atoms with van der Waals surface area (Å²) in [7, 11) is 1.61. The van der Waals surface area contributed by atoms with Gasteiger partial charge in [-0.3, -0.25) is 0 Å². The fourth-order valence-corrected chi connectivity index (χ4v) is 1.52. The molecule has 0 saturated carbocycles. The van der Waals surface area contributed by atoms with Crippen LogP contribution in [-0.2, 0) is 0 Å². The van der Waals surface area contributed by atoms with Crippen molar-refractivity contribution in [2.24, 2.45) is 0 Å². The third kappa shape index (κ3) is 4.53. The molecule has 1 unspecified atom stereocenters. The van der Waals surface area contributed by atoms with Crippen molar-refractivity contribution in [1.29, 1.82) is 0 Å². The van der Waals surface area contributed by atoms with Crippen molar-refractivity contribution in [3.8, 4) is 5.88 Å². The molecule has 17 heavy (non-hydrogen) atoms. The first-order chi connectivity index (χ1) is 8.17. The minimum absolute atomic E-state index is 0.122. The molecule has 0 aliphatic heterocycles. The monoisotopic (exact) mass is 235 g/mol. The van der Waals surface area contributed by atoms with Crippen LogP contribution in [0.1, 0.15) is 38.9 Å². The number of methoxy groups -OCH3 is 1. The third-order valence-electron chi connectivity index (χ3n) is 2.31. The van der Waals surface area contributed by atoms with Gasteiger partial charge in [0.25, 0.3) is 0 Å². The molecular formula is C13H21N3O. The zero-order chi connectivity index (χ0) is 12.7. The largest absolute Gasteiger partial charge is 0.481 e. The Morgan fingerprint density at radius 2 is 2.24 bits per heavy atom. The molecule has 0 fully saturated rings. The van der Waals surface area contributed by atoms with Crippen molar-refractivity contribution in [1.82, 2.24) is 15.3 Å². The van der Waals surface area contributed by atoms with Gasteiger partial charge < -0.3 is 10.1 Å². The van der Waals surface area contributed by atoms with Gasteiger partial charge in [-0.1, -0.05) is 18.6 Å². The lowest BCUT2D eigenvalue weighted by Gasteiger charge is -2.15. The molecule has 1 aromatic heterocycles. The van der Waals surface area contributed by atoms with E-state index in [2.05, 4.69) is 42.1 Å². The molecule has 0 spiro atoms. The summed E-state index contributed by atoms with van der Waals surface area (Å²) in [5.74, 6) is 0.598. The summed E-state index contributed by atoms with van der Waals surface area (Å²) < 4.78 is 5.11. The van der Waals surface area contributed by atoms with Gasteiger partial charge in [0.2, 0.25) is 5.88 Å². The van der Waals surface area contributed by atoms with Crippen LogP contribution in [-0.4, -0.2) is 23.6 Å². The molecular weight excluding hydrogens is 214 g/mol. The van der Waals surface area contributed by atoms with Crippen molar-refractivity contribution in [2.45, 2.75) is 33.2 Å². The highest BCUT2D eigenvalue weighted by molar-refractivity contribution is 5.21. The molecule has 1 heterocycles. The maximum absolute atomic E-state index is 5.11. The van der Waals surface area contributed by atoms with Crippen molar-refractivity contribution >= 4 is 0 Å². The molecule has 0 aliphatic carbocycles. The summed E-state index contributed by atoms with van der Waals surface area (Å²) in [6.45, 7) is 7.27. The average Bonchev–Trinajstić information content (AvgIpc) is 2.34. The smallest absolute Gasteiger partial charge is 0.216 e. The number of hydrogen-bond acceptors (Lipinski definition) is 4. The summed E-state index contributed by atoms with van der Waals surface area (Å²) in [5, 5.41) is 3.45. The van der Waals surface area contributed by atoms with Gasteiger partial charge in [0.15, 0.2) is 0 Å². The molecule has 0 saturated heterocycles. The molecule has 4 nitrogen and oxygen atoms in total. The van der Waals surface area contributed by atoms with Gasteiger partial charge in [0.1, 0.15) is 6.33 Å². The van der Waals surface area contributed by atoms with E-state index >= 15 is 0 Å².